The quantitative estimate of drug-likeness (QED) is 0.800. The van der Waals surface area contributed by atoms with Gasteiger partial charge in [-0.3, -0.25) is 9.69 Å². The molecule has 1 aliphatic rings. The third-order valence-electron chi connectivity index (χ3n) is 3.91. The van der Waals surface area contributed by atoms with Gasteiger partial charge in [0.15, 0.2) is 0 Å². The highest BCUT2D eigenvalue weighted by Crippen LogP contribution is 2.27. The van der Waals surface area contributed by atoms with Gasteiger partial charge in [-0.2, -0.15) is 0 Å². The Morgan fingerprint density at radius 2 is 2.05 bits per heavy atom. The first-order valence-electron chi connectivity index (χ1n) is 7.31. The van der Waals surface area contributed by atoms with E-state index in [4.69, 9.17) is 0 Å². The molecule has 0 bridgehead atoms. The zero-order chi connectivity index (χ0) is 16.5. The first-order chi connectivity index (χ1) is 10.2. The van der Waals surface area contributed by atoms with Crippen molar-refractivity contribution in [3.05, 3.63) is 34.1 Å². The smallest absolute Gasteiger partial charge is 0.323 e. The van der Waals surface area contributed by atoms with Crippen LogP contribution in [-0.2, 0) is 11.3 Å². The van der Waals surface area contributed by atoms with Gasteiger partial charge in [0.05, 0.1) is 6.54 Å². The number of hydrogen-bond donors (Lipinski definition) is 1. The number of carbonyl (C=O) groups is 2. The Bertz CT molecular complexity index is 606. The molecule has 120 valence electrons. The van der Waals surface area contributed by atoms with Crippen molar-refractivity contribution in [2.45, 2.75) is 45.7 Å². The van der Waals surface area contributed by atoms with Crippen molar-refractivity contribution < 1.29 is 14.0 Å². The topological polar surface area (TPSA) is 49.4 Å². The van der Waals surface area contributed by atoms with Crippen molar-refractivity contribution >= 4 is 27.9 Å². The van der Waals surface area contributed by atoms with Crippen LogP contribution in [0.1, 0.15) is 39.2 Å². The van der Waals surface area contributed by atoms with Crippen LogP contribution in [0.5, 0.6) is 0 Å². The Balaban J connectivity index is 2.15. The van der Waals surface area contributed by atoms with Crippen LogP contribution in [0.25, 0.3) is 0 Å². The Morgan fingerprint density at radius 3 is 2.64 bits per heavy atom. The number of amides is 3. The number of imide groups is 1. The maximum atomic E-state index is 13.9. The average Bonchev–Trinajstić information content (AvgIpc) is 2.63. The summed E-state index contributed by atoms with van der Waals surface area (Å²) in [6, 6.07) is 4.13. The van der Waals surface area contributed by atoms with Crippen molar-refractivity contribution in [2.24, 2.45) is 5.92 Å². The SMILES string of the molecule is CC(C)CCC1(C)NC(=O)N(Cc2ccc(Br)cc2F)C1=O. The molecule has 3 amide bonds. The van der Waals surface area contributed by atoms with Crippen molar-refractivity contribution in [1.29, 1.82) is 0 Å². The molecular formula is C16H20BrFN2O2. The lowest BCUT2D eigenvalue weighted by molar-refractivity contribution is -0.131. The summed E-state index contributed by atoms with van der Waals surface area (Å²) < 4.78 is 14.5. The molecule has 1 aromatic carbocycles. The molecule has 1 unspecified atom stereocenters. The first kappa shape index (κ1) is 16.9. The van der Waals surface area contributed by atoms with Crippen molar-refractivity contribution in [3.8, 4) is 0 Å². The van der Waals surface area contributed by atoms with E-state index in [-0.39, 0.29) is 12.5 Å². The van der Waals surface area contributed by atoms with E-state index in [1.807, 2.05) is 0 Å². The zero-order valence-corrected chi connectivity index (χ0v) is 14.5. The number of halogens is 2. The van der Waals surface area contributed by atoms with E-state index in [1.165, 1.54) is 6.07 Å². The number of benzene rings is 1. The fourth-order valence-corrected chi connectivity index (χ4v) is 2.79. The molecule has 22 heavy (non-hydrogen) atoms. The summed E-state index contributed by atoms with van der Waals surface area (Å²) in [6.45, 7) is 5.81. The molecule has 1 fully saturated rings. The molecule has 1 heterocycles. The predicted octanol–water partition coefficient (Wildman–Crippen LogP) is 3.83. The summed E-state index contributed by atoms with van der Waals surface area (Å²) in [6.07, 6.45) is 1.41. The van der Waals surface area contributed by atoms with E-state index in [2.05, 4.69) is 35.1 Å². The first-order valence-corrected chi connectivity index (χ1v) is 8.10. The van der Waals surface area contributed by atoms with E-state index < -0.39 is 17.4 Å². The van der Waals surface area contributed by atoms with Crippen LogP contribution in [-0.4, -0.2) is 22.4 Å². The summed E-state index contributed by atoms with van der Waals surface area (Å²) in [5.41, 5.74) is -0.576. The molecule has 0 spiro atoms. The van der Waals surface area contributed by atoms with Gasteiger partial charge in [-0.15, -0.1) is 0 Å². The summed E-state index contributed by atoms with van der Waals surface area (Å²) in [7, 11) is 0. The Morgan fingerprint density at radius 1 is 1.36 bits per heavy atom. The molecule has 0 radical (unpaired) electrons. The summed E-state index contributed by atoms with van der Waals surface area (Å²) in [5, 5.41) is 2.74. The number of rotatable bonds is 5. The number of nitrogens with one attached hydrogen (secondary N) is 1. The average molecular weight is 371 g/mol. The molecule has 6 heteroatoms. The molecule has 1 saturated heterocycles. The summed E-state index contributed by atoms with van der Waals surface area (Å²) in [5.74, 6) is -0.286. The van der Waals surface area contributed by atoms with Gasteiger partial charge in [0, 0.05) is 10.0 Å². The molecule has 1 aliphatic heterocycles. The van der Waals surface area contributed by atoms with E-state index >= 15 is 0 Å². The minimum atomic E-state index is -0.896. The van der Waals surface area contributed by atoms with Gasteiger partial charge in [0.2, 0.25) is 0 Å². The fraction of sp³-hybridized carbons (Fsp3) is 0.500. The lowest BCUT2D eigenvalue weighted by atomic mass is 9.92. The van der Waals surface area contributed by atoms with Crippen LogP contribution in [0.3, 0.4) is 0 Å². The zero-order valence-electron chi connectivity index (χ0n) is 13.0. The molecule has 1 aromatic rings. The highest BCUT2D eigenvalue weighted by atomic mass is 79.9. The second kappa shape index (κ2) is 6.36. The standard InChI is InChI=1S/C16H20BrFN2O2/c1-10(2)6-7-16(3)14(21)20(15(22)19-16)9-11-4-5-12(17)8-13(11)18/h4-5,8,10H,6-7,9H2,1-3H3,(H,19,22). The number of nitrogens with zero attached hydrogens (tertiary/aromatic N) is 1. The molecule has 1 N–H and O–H groups in total. The van der Waals surface area contributed by atoms with Crippen LogP contribution >= 0.6 is 15.9 Å². The van der Waals surface area contributed by atoms with Crippen LogP contribution in [0.2, 0.25) is 0 Å². The Hall–Kier alpha value is -1.43. The highest BCUT2D eigenvalue weighted by Gasteiger charge is 2.47. The van der Waals surface area contributed by atoms with E-state index in [0.717, 1.165) is 11.3 Å². The van der Waals surface area contributed by atoms with E-state index in [9.17, 15) is 14.0 Å². The van der Waals surface area contributed by atoms with Crippen LogP contribution < -0.4 is 5.32 Å². The normalized spacial score (nSPS) is 21.6. The second-order valence-electron chi connectivity index (χ2n) is 6.32. The molecule has 4 nitrogen and oxygen atoms in total. The molecular weight excluding hydrogens is 351 g/mol. The van der Waals surface area contributed by atoms with E-state index in [1.54, 1.807) is 19.1 Å². The number of urea groups is 1. The van der Waals surface area contributed by atoms with Gasteiger partial charge in [-0.05, 0) is 37.8 Å². The predicted molar refractivity (Wildman–Crippen MR) is 85.7 cm³/mol. The fourth-order valence-electron chi connectivity index (χ4n) is 2.46. The minimum Gasteiger partial charge on any atom is -0.323 e. The second-order valence-corrected chi connectivity index (χ2v) is 7.24. The monoisotopic (exact) mass is 370 g/mol. The minimum absolute atomic E-state index is 0.0545. The van der Waals surface area contributed by atoms with Gasteiger partial charge in [-0.1, -0.05) is 35.8 Å². The van der Waals surface area contributed by atoms with Crippen LogP contribution in [0.4, 0.5) is 9.18 Å². The molecule has 0 saturated carbocycles. The maximum Gasteiger partial charge on any atom is 0.325 e. The van der Waals surface area contributed by atoms with Crippen molar-refractivity contribution in [2.75, 3.05) is 0 Å². The highest BCUT2D eigenvalue weighted by molar-refractivity contribution is 9.10. The Labute approximate surface area is 138 Å². The Kier molecular flexibility index (Phi) is 4.90. The largest absolute Gasteiger partial charge is 0.325 e. The molecule has 2 rings (SSSR count). The molecule has 0 aromatic heterocycles. The van der Waals surface area contributed by atoms with Crippen molar-refractivity contribution in [3.63, 3.8) is 0 Å². The van der Waals surface area contributed by atoms with Gasteiger partial charge in [0.1, 0.15) is 11.4 Å². The van der Waals surface area contributed by atoms with Crippen molar-refractivity contribution in [1.82, 2.24) is 10.2 Å². The van der Waals surface area contributed by atoms with Gasteiger partial charge in [-0.25, -0.2) is 9.18 Å². The summed E-state index contributed by atoms with van der Waals surface area (Å²) >= 11 is 3.19. The third kappa shape index (κ3) is 3.48. The molecule has 1 atom stereocenters. The summed E-state index contributed by atoms with van der Waals surface area (Å²) in [4.78, 5) is 25.7. The lowest BCUT2D eigenvalue weighted by Gasteiger charge is -2.22. The van der Waals surface area contributed by atoms with E-state index in [0.29, 0.717) is 22.4 Å². The maximum absolute atomic E-state index is 13.9. The van der Waals surface area contributed by atoms with Crippen LogP contribution in [0, 0.1) is 11.7 Å². The third-order valence-corrected chi connectivity index (χ3v) is 4.40. The molecule has 0 aliphatic carbocycles. The van der Waals surface area contributed by atoms with Crippen LogP contribution in [0.15, 0.2) is 22.7 Å². The number of carbonyl (C=O) groups excluding carboxylic acids is 2. The number of hydrogen-bond acceptors (Lipinski definition) is 2. The van der Waals surface area contributed by atoms with Gasteiger partial charge < -0.3 is 5.32 Å². The van der Waals surface area contributed by atoms with Gasteiger partial charge >= 0.3 is 6.03 Å². The lowest BCUT2D eigenvalue weighted by Crippen LogP contribution is -2.44. The van der Waals surface area contributed by atoms with Gasteiger partial charge in [0.25, 0.3) is 5.91 Å².